The van der Waals surface area contributed by atoms with Gasteiger partial charge in [-0.2, -0.15) is 0 Å². The van der Waals surface area contributed by atoms with Crippen LogP contribution in [0.2, 0.25) is 0 Å². The van der Waals surface area contributed by atoms with Gasteiger partial charge in [-0.25, -0.2) is 9.97 Å². The maximum atomic E-state index is 4.60. The number of anilines is 3. The summed E-state index contributed by atoms with van der Waals surface area (Å²) in [4.78, 5) is 11.5. The van der Waals surface area contributed by atoms with Crippen LogP contribution in [0.3, 0.4) is 0 Å². The van der Waals surface area contributed by atoms with E-state index in [9.17, 15) is 0 Å². The van der Waals surface area contributed by atoms with Crippen molar-refractivity contribution in [3.8, 4) is 0 Å². The Bertz CT molecular complexity index is 845. The first-order valence-corrected chi connectivity index (χ1v) is 9.56. The number of nitrogens with one attached hydrogen (secondary N) is 2. The number of rotatable bonds is 7. The summed E-state index contributed by atoms with van der Waals surface area (Å²) in [6.07, 6.45) is 4.10. The molecule has 1 aromatic heterocycles. The van der Waals surface area contributed by atoms with Gasteiger partial charge in [0, 0.05) is 26.2 Å². The lowest BCUT2D eigenvalue weighted by molar-refractivity contribution is 0.922. The van der Waals surface area contributed by atoms with E-state index in [-0.39, 0.29) is 0 Å². The second kappa shape index (κ2) is 8.54. The monoisotopic (exact) mass is 359 g/mol. The lowest BCUT2D eigenvalue weighted by atomic mass is 10.2. The SMILES string of the molecule is c1ccc(CNc2ncnc(N3CCCC3)c2NCc2ccccc2)cc1. The van der Waals surface area contributed by atoms with E-state index in [4.69, 9.17) is 0 Å². The average Bonchev–Trinajstić information content (AvgIpc) is 3.27. The fourth-order valence-electron chi connectivity index (χ4n) is 3.41. The van der Waals surface area contributed by atoms with E-state index in [2.05, 4.69) is 74.0 Å². The molecule has 0 amide bonds. The summed E-state index contributed by atoms with van der Waals surface area (Å²) < 4.78 is 0. The smallest absolute Gasteiger partial charge is 0.157 e. The molecule has 138 valence electrons. The normalized spacial score (nSPS) is 13.6. The molecule has 2 aromatic carbocycles. The Morgan fingerprint density at radius 2 is 1.33 bits per heavy atom. The lowest BCUT2D eigenvalue weighted by Gasteiger charge is -2.22. The first-order chi connectivity index (χ1) is 13.4. The van der Waals surface area contributed by atoms with Crippen LogP contribution in [0.4, 0.5) is 17.3 Å². The zero-order valence-electron chi connectivity index (χ0n) is 15.4. The fraction of sp³-hybridized carbons (Fsp3) is 0.273. The molecule has 0 saturated carbocycles. The highest BCUT2D eigenvalue weighted by molar-refractivity contribution is 5.77. The van der Waals surface area contributed by atoms with Crippen molar-refractivity contribution in [3.05, 3.63) is 78.1 Å². The van der Waals surface area contributed by atoms with Gasteiger partial charge < -0.3 is 15.5 Å². The van der Waals surface area contributed by atoms with E-state index in [1.807, 2.05) is 12.1 Å². The maximum Gasteiger partial charge on any atom is 0.157 e. The summed E-state index contributed by atoms with van der Waals surface area (Å²) in [5, 5.41) is 7.07. The Morgan fingerprint density at radius 3 is 1.96 bits per heavy atom. The summed E-state index contributed by atoms with van der Waals surface area (Å²) in [7, 11) is 0. The molecular weight excluding hydrogens is 334 g/mol. The molecule has 3 aromatic rings. The van der Waals surface area contributed by atoms with Crippen molar-refractivity contribution >= 4 is 17.3 Å². The van der Waals surface area contributed by atoms with Crippen LogP contribution < -0.4 is 15.5 Å². The summed E-state index contributed by atoms with van der Waals surface area (Å²) in [6.45, 7) is 3.58. The van der Waals surface area contributed by atoms with Gasteiger partial charge in [-0.1, -0.05) is 60.7 Å². The van der Waals surface area contributed by atoms with Gasteiger partial charge in [0.1, 0.15) is 12.0 Å². The molecule has 4 rings (SSSR count). The zero-order valence-corrected chi connectivity index (χ0v) is 15.4. The molecule has 0 spiro atoms. The Morgan fingerprint density at radius 1 is 0.741 bits per heavy atom. The van der Waals surface area contributed by atoms with Crippen LogP contribution in [0.15, 0.2) is 67.0 Å². The topological polar surface area (TPSA) is 53.1 Å². The molecule has 1 saturated heterocycles. The van der Waals surface area contributed by atoms with Gasteiger partial charge in [-0.3, -0.25) is 0 Å². The third kappa shape index (κ3) is 4.37. The predicted molar refractivity (Wildman–Crippen MR) is 111 cm³/mol. The number of benzene rings is 2. The van der Waals surface area contributed by atoms with Crippen molar-refractivity contribution in [1.29, 1.82) is 0 Å². The van der Waals surface area contributed by atoms with Crippen molar-refractivity contribution in [2.75, 3.05) is 28.6 Å². The van der Waals surface area contributed by atoms with E-state index in [0.717, 1.165) is 43.5 Å². The third-order valence-corrected chi connectivity index (χ3v) is 4.85. The highest BCUT2D eigenvalue weighted by Crippen LogP contribution is 2.32. The molecule has 0 unspecified atom stereocenters. The van der Waals surface area contributed by atoms with Gasteiger partial charge in [0.05, 0.1) is 0 Å². The number of aromatic nitrogens is 2. The van der Waals surface area contributed by atoms with Gasteiger partial charge >= 0.3 is 0 Å². The summed E-state index contributed by atoms with van der Waals surface area (Å²) in [5.74, 6) is 1.85. The lowest BCUT2D eigenvalue weighted by Crippen LogP contribution is -2.22. The molecule has 2 heterocycles. The Kier molecular flexibility index (Phi) is 5.48. The predicted octanol–water partition coefficient (Wildman–Crippen LogP) is 4.30. The summed E-state index contributed by atoms with van der Waals surface area (Å²) in [6, 6.07) is 20.8. The van der Waals surface area contributed by atoms with Crippen LogP contribution >= 0.6 is 0 Å². The van der Waals surface area contributed by atoms with Crippen molar-refractivity contribution in [2.24, 2.45) is 0 Å². The Labute approximate surface area is 160 Å². The molecule has 5 nitrogen and oxygen atoms in total. The standard InChI is InChI=1S/C22H25N5/c1-3-9-18(10-4-1)15-23-20-21(24-16-19-11-5-2-6-12-19)25-17-26-22(20)27-13-7-8-14-27/h1-6,9-12,17,23H,7-8,13-16H2,(H,24,25,26). The molecule has 1 aliphatic heterocycles. The molecule has 0 radical (unpaired) electrons. The molecule has 0 aliphatic carbocycles. The van der Waals surface area contributed by atoms with Gasteiger partial charge in [0.15, 0.2) is 11.6 Å². The van der Waals surface area contributed by atoms with E-state index in [1.54, 1.807) is 6.33 Å². The Balaban J connectivity index is 1.57. The van der Waals surface area contributed by atoms with Crippen LogP contribution in [0.25, 0.3) is 0 Å². The second-order valence-corrected chi connectivity index (χ2v) is 6.79. The van der Waals surface area contributed by atoms with Crippen LogP contribution in [-0.2, 0) is 13.1 Å². The summed E-state index contributed by atoms with van der Waals surface area (Å²) in [5.41, 5.74) is 3.45. The maximum absolute atomic E-state index is 4.60. The quantitative estimate of drug-likeness (QED) is 0.659. The largest absolute Gasteiger partial charge is 0.375 e. The van der Waals surface area contributed by atoms with Gasteiger partial charge in [-0.15, -0.1) is 0 Å². The van der Waals surface area contributed by atoms with E-state index < -0.39 is 0 Å². The molecule has 0 atom stereocenters. The first-order valence-electron chi connectivity index (χ1n) is 9.56. The summed E-state index contributed by atoms with van der Waals surface area (Å²) >= 11 is 0. The molecule has 0 bridgehead atoms. The van der Waals surface area contributed by atoms with Crippen molar-refractivity contribution in [2.45, 2.75) is 25.9 Å². The average molecular weight is 359 g/mol. The first kappa shape index (κ1) is 17.3. The zero-order chi connectivity index (χ0) is 18.3. The van der Waals surface area contributed by atoms with Crippen LogP contribution in [0.5, 0.6) is 0 Å². The van der Waals surface area contributed by atoms with Gasteiger partial charge in [-0.05, 0) is 24.0 Å². The van der Waals surface area contributed by atoms with Crippen LogP contribution in [-0.4, -0.2) is 23.1 Å². The molecule has 1 fully saturated rings. The van der Waals surface area contributed by atoms with E-state index in [1.165, 1.54) is 24.0 Å². The third-order valence-electron chi connectivity index (χ3n) is 4.85. The van der Waals surface area contributed by atoms with Crippen LogP contribution in [0.1, 0.15) is 24.0 Å². The molecule has 2 N–H and O–H groups in total. The number of nitrogens with zero attached hydrogens (tertiary/aromatic N) is 3. The van der Waals surface area contributed by atoms with Crippen molar-refractivity contribution < 1.29 is 0 Å². The highest BCUT2D eigenvalue weighted by Gasteiger charge is 2.20. The molecular formula is C22H25N5. The second-order valence-electron chi connectivity index (χ2n) is 6.79. The van der Waals surface area contributed by atoms with Crippen molar-refractivity contribution in [1.82, 2.24) is 9.97 Å². The molecule has 1 aliphatic rings. The van der Waals surface area contributed by atoms with Gasteiger partial charge in [0.25, 0.3) is 0 Å². The number of hydrogen-bond donors (Lipinski definition) is 2. The van der Waals surface area contributed by atoms with E-state index >= 15 is 0 Å². The Hall–Kier alpha value is -3.08. The van der Waals surface area contributed by atoms with Gasteiger partial charge in [0.2, 0.25) is 0 Å². The molecule has 5 heteroatoms. The van der Waals surface area contributed by atoms with E-state index in [0.29, 0.717) is 0 Å². The number of hydrogen-bond acceptors (Lipinski definition) is 5. The molecule has 27 heavy (non-hydrogen) atoms. The van der Waals surface area contributed by atoms with Crippen molar-refractivity contribution in [3.63, 3.8) is 0 Å². The minimum absolute atomic E-state index is 0.733. The minimum Gasteiger partial charge on any atom is -0.375 e. The van der Waals surface area contributed by atoms with Crippen LogP contribution in [0, 0.1) is 0 Å². The minimum atomic E-state index is 0.733. The fourth-order valence-corrected chi connectivity index (χ4v) is 3.41. The highest BCUT2D eigenvalue weighted by atomic mass is 15.2.